The molecule has 0 aromatic rings. The number of halogens is 3. The summed E-state index contributed by atoms with van der Waals surface area (Å²) in [4.78, 5) is 1.38. The van der Waals surface area contributed by atoms with E-state index < -0.39 is 12.7 Å². The number of rotatable bonds is 9. The minimum absolute atomic E-state index is 0.416. The highest BCUT2D eigenvalue weighted by Gasteiger charge is 2.29. The molecule has 0 fully saturated rings. The normalized spacial score (nSPS) is 12.4. The van der Waals surface area contributed by atoms with Gasteiger partial charge >= 0.3 is 6.18 Å². The van der Waals surface area contributed by atoms with Gasteiger partial charge < -0.3 is 10.1 Å². The summed E-state index contributed by atoms with van der Waals surface area (Å²) in [5.41, 5.74) is 0. The molecule has 0 bridgehead atoms. The molecule has 0 saturated carbocycles. The molecule has 3 nitrogen and oxygen atoms in total. The van der Waals surface area contributed by atoms with Gasteiger partial charge in [-0.25, -0.2) is 0 Å². The first-order chi connectivity index (χ1) is 7.49. The van der Waals surface area contributed by atoms with Crippen LogP contribution in [0, 0.1) is 0 Å². The lowest BCUT2D eigenvalue weighted by molar-refractivity contribution is -0.145. The number of likely N-dealkylation sites (N-methyl/N-ethyl adjacent to an activating group) is 1. The summed E-state index contributed by atoms with van der Waals surface area (Å²) >= 11 is 0. The molecule has 0 heterocycles. The average Bonchev–Trinajstić information content (AvgIpc) is 2.19. The monoisotopic (exact) mass is 242 g/mol. The van der Waals surface area contributed by atoms with E-state index in [-0.39, 0.29) is 0 Å². The Bertz CT molecular complexity index is 165. The molecule has 98 valence electrons. The standard InChI is InChI=1S/C10H21F3N2O/c1-3-15(9-10(11,12)13)7-6-14-5-4-8-16-2/h14H,3-9H2,1-2H3. The van der Waals surface area contributed by atoms with Gasteiger partial charge in [0.25, 0.3) is 0 Å². The van der Waals surface area contributed by atoms with Gasteiger partial charge in [-0.05, 0) is 19.5 Å². The van der Waals surface area contributed by atoms with Crippen molar-refractivity contribution >= 4 is 0 Å². The molecule has 6 heteroatoms. The summed E-state index contributed by atoms with van der Waals surface area (Å²) < 4.78 is 41.1. The summed E-state index contributed by atoms with van der Waals surface area (Å²) in [5, 5.41) is 3.08. The van der Waals surface area contributed by atoms with Gasteiger partial charge in [-0.15, -0.1) is 0 Å². The second-order valence-electron chi connectivity index (χ2n) is 3.58. The van der Waals surface area contributed by atoms with E-state index >= 15 is 0 Å². The van der Waals surface area contributed by atoms with Crippen LogP contribution in [0.4, 0.5) is 13.2 Å². The topological polar surface area (TPSA) is 24.5 Å². The molecule has 16 heavy (non-hydrogen) atoms. The van der Waals surface area contributed by atoms with Crippen LogP contribution in [-0.2, 0) is 4.74 Å². The lowest BCUT2D eigenvalue weighted by Gasteiger charge is -2.21. The Hall–Kier alpha value is -0.330. The number of methoxy groups -OCH3 is 1. The Balaban J connectivity index is 3.48. The third kappa shape index (κ3) is 10.2. The first-order valence-corrected chi connectivity index (χ1v) is 5.48. The maximum absolute atomic E-state index is 12.1. The third-order valence-electron chi connectivity index (χ3n) is 2.16. The molecule has 0 aliphatic heterocycles. The van der Waals surface area contributed by atoms with Crippen molar-refractivity contribution < 1.29 is 17.9 Å². The van der Waals surface area contributed by atoms with E-state index in [1.807, 2.05) is 0 Å². The van der Waals surface area contributed by atoms with E-state index in [2.05, 4.69) is 5.32 Å². The van der Waals surface area contributed by atoms with E-state index in [9.17, 15) is 13.2 Å². The average molecular weight is 242 g/mol. The molecule has 1 N–H and O–H groups in total. The number of nitrogens with zero attached hydrogens (tertiary/aromatic N) is 1. The van der Waals surface area contributed by atoms with Crippen molar-refractivity contribution in [2.75, 3.05) is 46.4 Å². The number of hydrogen-bond donors (Lipinski definition) is 1. The zero-order chi connectivity index (χ0) is 12.4. The van der Waals surface area contributed by atoms with Crippen molar-refractivity contribution in [3.8, 4) is 0 Å². The van der Waals surface area contributed by atoms with E-state index in [1.54, 1.807) is 14.0 Å². The van der Waals surface area contributed by atoms with Crippen molar-refractivity contribution in [1.82, 2.24) is 10.2 Å². The molecule has 0 radical (unpaired) electrons. The Kier molecular flexibility index (Phi) is 8.60. The molecule has 0 spiro atoms. The minimum atomic E-state index is -4.11. The zero-order valence-corrected chi connectivity index (χ0v) is 9.94. The van der Waals surface area contributed by atoms with Crippen LogP contribution >= 0.6 is 0 Å². The summed E-state index contributed by atoms with van der Waals surface area (Å²) in [6.45, 7) is 3.76. The van der Waals surface area contributed by atoms with E-state index in [1.165, 1.54) is 4.90 Å². The van der Waals surface area contributed by atoms with Gasteiger partial charge in [-0.1, -0.05) is 6.92 Å². The van der Waals surface area contributed by atoms with Crippen LogP contribution in [0.15, 0.2) is 0 Å². The minimum Gasteiger partial charge on any atom is -0.385 e. The SMILES string of the molecule is CCN(CCNCCCOC)CC(F)(F)F. The molecule has 0 saturated heterocycles. The zero-order valence-electron chi connectivity index (χ0n) is 9.94. The Morgan fingerprint density at radius 1 is 1.25 bits per heavy atom. The van der Waals surface area contributed by atoms with Crippen LogP contribution in [0.2, 0.25) is 0 Å². The smallest absolute Gasteiger partial charge is 0.385 e. The fourth-order valence-corrected chi connectivity index (χ4v) is 1.31. The maximum atomic E-state index is 12.1. The van der Waals surface area contributed by atoms with Crippen molar-refractivity contribution in [3.05, 3.63) is 0 Å². The van der Waals surface area contributed by atoms with Crippen LogP contribution in [0.25, 0.3) is 0 Å². The van der Waals surface area contributed by atoms with Crippen LogP contribution in [-0.4, -0.2) is 57.5 Å². The molecule has 0 amide bonds. The number of alkyl halides is 3. The summed E-state index contributed by atoms with van der Waals surface area (Å²) in [7, 11) is 1.63. The van der Waals surface area contributed by atoms with Crippen LogP contribution in [0.5, 0.6) is 0 Å². The van der Waals surface area contributed by atoms with Gasteiger partial charge in [0.1, 0.15) is 0 Å². The predicted octanol–water partition coefficient (Wildman–Crippen LogP) is 1.50. The summed E-state index contributed by atoms with van der Waals surface area (Å²) in [6.07, 6.45) is -3.23. The second kappa shape index (κ2) is 8.78. The highest BCUT2D eigenvalue weighted by molar-refractivity contribution is 4.63. The van der Waals surface area contributed by atoms with E-state index in [4.69, 9.17) is 4.74 Å². The predicted molar refractivity (Wildman–Crippen MR) is 57.5 cm³/mol. The van der Waals surface area contributed by atoms with Gasteiger partial charge in [-0.2, -0.15) is 13.2 Å². The molecule has 0 aliphatic carbocycles. The van der Waals surface area contributed by atoms with Crippen LogP contribution < -0.4 is 5.32 Å². The van der Waals surface area contributed by atoms with E-state index in [0.29, 0.717) is 26.2 Å². The third-order valence-corrected chi connectivity index (χ3v) is 2.16. The van der Waals surface area contributed by atoms with Crippen molar-refractivity contribution in [1.29, 1.82) is 0 Å². The molecular weight excluding hydrogens is 221 g/mol. The van der Waals surface area contributed by atoms with Gasteiger partial charge in [0, 0.05) is 26.8 Å². The lowest BCUT2D eigenvalue weighted by atomic mass is 10.4. The number of hydrogen-bond acceptors (Lipinski definition) is 3. The van der Waals surface area contributed by atoms with Crippen LogP contribution in [0.1, 0.15) is 13.3 Å². The Morgan fingerprint density at radius 3 is 2.44 bits per heavy atom. The van der Waals surface area contributed by atoms with E-state index in [0.717, 1.165) is 13.0 Å². The van der Waals surface area contributed by atoms with Gasteiger partial charge in [0.05, 0.1) is 6.54 Å². The Morgan fingerprint density at radius 2 is 1.94 bits per heavy atom. The largest absolute Gasteiger partial charge is 0.401 e. The van der Waals surface area contributed by atoms with Crippen molar-refractivity contribution in [2.24, 2.45) is 0 Å². The molecule has 0 aliphatic rings. The van der Waals surface area contributed by atoms with Gasteiger partial charge in [0.2, 0.25) is 0 Å². The fraction of sp³-hybridized carbons (Fsp3) is 1.00. The first-order valence-electron chi connectivity index (χ1n) is 5.48. The fourth-order valence-electron chi connectivity index (χ4n) is 1.31. The first kappa shape index (κ1) is 15.7. The van der Waals surface area contributed by atoms with Crippen LogP contribution in [0.3, 0.4) is 0 Å². The molecule has 0 aromatic carbocycles. The maximum Gasteiger partial charge on any atom is 0.401 e. The molecular formula is C10H21F3N2O. The molecule has 0 rings (SSSR count). The quantitative estimate of drug-likeness (QED) is 0.620. The molecule has 0 aromatic heterocycles. The van der Waals surface area contributed by atoms with Gasteiger partial charge in [-0.3, -0.25) is 4.90 Å². The lowest BCUT2D eigenvalue weighted by Crippen LogP contribution is -2.38. The number of ether oxygens (including phenoxy) is 1. The highest BCUT2D eigenvalue weighted by Crippen LogP contribution is 2.15. The highest BCUT2D eigenvalue weighted by atomic mass is 19.4. The molecule has 0 unspecified atom stereocenters. The molecule has 0 atom stereocenters. The second-order valence-corrected chi connectivity index (χ2v) is 3.58. The summed E-state index contributed by atoms with van der Waals surface area (Å²) in [6, 6.07) is 0. The van der Waals surface area contributed by atoms with Crippen molar-refractivity contribution in [3.63, 3.8) is 0 Å². The Labute approximate surface area is 94.9 Å². The van der Waals surface area contributed by atoms with Crippen molar-refractivity contribution in [2.45, 2.75) is 19.5 Å². The summed E-state index contributed by atoms with van der Waals surface area (Å²) in [5.74, 6) is 0. The number of nitrogens with one attached hydrogen (secondary N) is 1. The van der Waals surface area contributed by atoms with Gasteiger partial charge in [0.15, 0.2) is 0 Å².